The van der Waals surface area contributed by atoms with Gasteiger partial charge in [0.15, 0.2) is 0 Å². The molecule has 3 rings (SSSR count). The standard InChI is InChI=1S/C16H20FN5O/c1-11-8-14(20-21(11)2)16(23)19-13-4-3-7-22(10-13)15-6-5-12(17)9-18-15/h5-6,8-9,13H,3-4,7,10H2,1-2H3,(H,19,23). The number of rotatable bonds is 3. The van der Waals surface area contributed by atoms with Crippen molar-refractivity contribution in [3.63, 3.8) is 0 Å². The summed E-state index contributed by atoms with van der Waals surface area (Å²) in [5.41, 5.74) is 1.37. The molecule has 0 radical (unpaired) electrons. The van der Waals surface area contributed by atoms with Crippen molar-refractivity contribution in [3.8, 4) is 0 Å². The summed E-state index contributed by atoms with van der Waals surface area (Å²) in [6.07, 6.45) is 3.08. The summed E-state index contributed by atoms with van der Waals surface area (Å²) in [4.78, 5) is 18.5. The number of hydrogen-bond acceptors (Lipinski definition) is 4. The van der Waals surface area contributed by atoms with Crippen LogP contribution in [0.15, 0.2) is 24.4 Å². The van der Waals surface area contributed by atoms with Gasteiger partial charge in [0.25, 0.3) is 5.91 Å². The number of nitrogens with one attached hydrogen (secondary N) is 1. The summed E-state index contributed by atoms with van der Waals surface area (Å²) in [7, 11) is 1.81. The second kappa shape index (κ2) is 6.36. The van der Waals surface area contributed by atoms with Crippen LogP contribution in [0.4, 0.5) is 10.2 Å². The Morgan fingerprint density at radius 1 is 1.43 bits per heavy atom. The summed E-state index contributed by atoms with van der Waals surface area (Å²) >= 11 is 0. The second-order valence-corrected chi connectivity index (χ2v) is 5.89. The molecule has 2 aromatic heterocycles. The van der Waals surface area contributed by atoms with E-state index in [1.54, 1.807) is 16.8 Å². The summed E-state index contributed by atoms with van der Waals surface area (Å²) < 4.78 is 14.7. The molecule has 0 saturated carbocycles. The summed E-state index contributed by atoms with van der Waals surface area (Å²) in [6, 6.07) is 4.88. The van der Waals surface area contributed by atoms with Crippen LogP contribution in [-0.4, -0.2) is 39.8 Å². The van der Waals surface area contributed by atoms with Gasteiger partial charge in [-0.1, -0.05) is 0 Å². The maximum atomic E-state index is 13.0. The summed E-state index contributed by atoms with van der Waals surface area (Å²) in [6.45, 7) is 3.43. The third-order valence-corrected chi connectivity index (χ3v) is 4.14. The normalized spacial score (nSPS) is 18.0. The second-order valence-electron chi connectivity index (χ2n) is 5.89. The molecule has 0 aromatic carbocycles. The van der Waals surface area contributed by atoms with Crippen molar-refractivity contribution in [2.45, 2.75) is 25.8 Å². The Kier molecular flexibility index (Phi) is 4.27. The van der Waals surface area contributed by atoms with Gasteiger partial charge >= 0.3 is 0 Å². The van der Waals surface area contributed by atoms with Crippen molar-refractivity contribution in [1.29, 1.82) is 0 Å². The Morgan fingerprint density at radius 3 is 2.91 bits per heavy atom. The molecule has 1 fully saturated rings. The lowest BCUT2D eigenvalue weighted by Crippen LogP contribution is -2.48. The van der Waals surface area contributed by atoms with E-state index < -0.39 is 0 Å². The molecule has 1 unspecified atom stereocenters. The van der Waals surface area contributed by atoms with E-state index in [4.69, 9.17) is 0 Å². The van der Waals surface area contributed by atoms with Gasteiger partial charge in [-0.2, -0.15) is 5.10 Å². The quantitative estimate of drug-likeness (QED) is 0.935. The molecule has 0 bridgehead atoms. The van der Waals surface area contributed by atoms with Gasteiger partial charge in [-0.3, -0.25) is 9.48 Å². The van der Waals surface area contributed by atoms with Crippen LogP contribution in [0.1, 0.15) is 29.0 Å². The molecule has 7 heteroatoms. The monoisotopic (exact) mass is 317 g/mol. The molecular weight excluding hydrogens is 297 g/mol. The minimum Gasteiger partial charge on any atom is -0.355 e. The highest BCUT2D eigenvalue weighted by atomic mass is 19.1. The highest BCUT2D eigenvalue weighted by Gasteiger charge is 2.23. The number of aryl methyl sites for hydroxylation is 2. The lowest BCUT2D eigenvalue weighted by atomic mass is 10.1. The molecule has 1 atom stereocenters. The zero-order valence-corrected chi connectivity index (χ0v) is 13.3. The van der Waals surface area contributed by atoms with E-state index in [2.05, 4.69) is 20.3 Å². The van der Waals surface area contributed by atoms with Crippen LogP contribution in [-0.2, 0) is 7.05 Å². The fraction of sp³-hybridized carbons (Fsp3) is 0.438. The number of carbonyl (C=O) groups is 1. The molecule has 1 N–H and O–H groups in total. The van der Waals surface area contributed by atoms with Gasteiger partial charge in [-0.05, 0) is 38.0 Å². The van der Waals surface area contributed by atoms with E-state index in [1.165, 1.54) is 12.3 Å². The number of carbonyl (C=O) groups excluding carboxylic acids is 1. The minimum atomic E-state index is -0.346. The Morgan fingerprint density at radius 2 is 2.26 bits per heavy atom. The van der Waals surface area contributed by atoms with Crippen LogP contribution in [0.25, 0.3) is 0 Å². The van der Waals surface area contributed by atoms with Crippen molar-refractivity contribution in [3.05, 3.63) is 41.6 Å². The van der Waals surface area contributed by atoms with E-state index in [0.717, 1.165) is 30.9 Å². The number of piperidine rings is 1. The molecule has 3 heterocycles. The third kappa shape index (κ3) is 3.49. The van der Waals surface area contributed by atoms with E-state index in [9.17, 15) is 9.18 Å². The Bertz CT molecular complexity index is 677. The lowest BCUT2D eigenvalue weighted by Gasteiger charge is -2.33. The Hall–Kier alpha value is -2.44. The zero-order chi connectivity index (χ0) is 16.4. The van der Waals surface area contributed by atoms with E-state index in [-0.39, 0.29) is 17.8 Å². The molecule has 6 nitrogen and oxygen atoms in total. The van der Waals surface area contributed by atoms with Gasteiger partial charge in [-0.25, -0.2) is 9.37 Å². The summed E-state index contributed by atoms with van der Waals surface area (Å²) in [5.74, 6) is 0.229. The average Bonchev–Trinajstić information content (AvgIpc) is 2.88. The van der Waals surface area contributed by atoms with Gasteiger partial charge in [-0.15, -0.1) is 0 Å². The van der Waals surface area contributed by atoms with Gasteiger partial charge in [0.05, 0.1) is 6.20 Å². The van der Waals surface area contributed by atoms with Gasteiger partial charge in [0, 0.05) is 31.9 Å². The van der Waals surface area contributed by atoms with E-state index in [0.29, 0.717) is 12.2 Å². The van der Waals surface area contributed by atoms with Gasteiger partial charge < -0.3 is 10.2 Å². The smallest absolute Gasteiger partial charge is 0.272 e. The molecule has 1 saturated heterocycles. The predicted molar refractivity (Wildman–Crippen MR) is 84.8 cm³/mol. The van der Waals surface area contributed by atoms with Crippen LogP contribution < -0.4 is 10.2 Å². The largest absolute Gasteiger partial charge is 0.355 e. The van der Waals surface area contributed by atoms with Crippen molar-refractivity contribution in [2.24, 2.45) is 7.05 Å². The molecule has 1 aliphatic rings. The maximum Gasteiger partial charge on any atom is 0.272 e. The van der Waals surface area contributed by atoms with Crippen LogP contribution in [0.2, 0.25) is 0 Å². The topological polar surface area (TPSA) is 63.1 Å². The predicted octanol–water partition coefficient (Wildman–Crippen LogP) is 1.66. The first-order valence-corrected chi connectivity index (χ1v) is 7.71. The summed E-state index contributed by atoms with van der Waals surface area (Å²) in [5, 5.41) is 7.23. The first-order chi connectivity index (χ1) is 11.0. The fourth-order valence-electron chi connectivity index (χ4n) is 2.79. The first-order valence-electron chi connectivity index (χ1n) is 7.71. The SMILES string of the molecule is Cc1cc(C(=O)NC2CCCN(c3ccc(F)cn3)C2)nn1C. The molecule has 0 spiro atoms. The fourth-order valence-corrected chi connectivity index (χ4v) is 2.79. The molecule has 0 aliphatic carbocycles. The lowest BCUT2D eigenvalue weighted by molar-refractivity contribution is 0.0927. The van der Waals surface area contributed by atoms with Crippen LogP contribution in [0.5, 0.6) is 0 Å². The number of anilines is 1. The number of nitrogens with zero attached hydrogens (tertiary/aromatic N) is 4. The highest BCUT2D eigenvalue weighted by molar-refractivity contribution is 5.92. The molecule has 2 aromatic rings. The van der Waals surface area contributed by atoms with Crippen molar-refractivity contribution < 1.29 is 9.18 Å². The zero-order valence-electron chi connectivity index (χ0n) is 13.3. The van der Waals surface area contributed by atoms with E-state index in [1.807, 2.05) is 14.0 Å². The number of halogens is 1. The van der Waals surface area contributed by atoms with Crippen LogP contribution in [0.3, 0.4) is 0 Å². The molecule has 23 heavy (non-hydrogen) atoms. The van der Waals surface area contributed by atoms with Crippen molar-refractivity contribution >= 4 is 11.7 Å². The third-order valence-electron chi connectivity index (χ3n) is 4.14. The highest BCUT2D eigenvalue weighted by Crippen LogP contribution is 2.18. The van der Waals surface area contributed by atoms with Gasteiger partial charge in [0.2, 0.25) is 0 Å². The number of hydrogen-bond donors (Lipinski definition) is 1. The molecular formula is C16H20FN5O. The molecule has 122 valence electrons. The minimum absolute atomic E-state index is 0.0328. The van der Waals surface area contributed by atoms with Gasteiger partial charge in [0.1, 0.15) is 17.3 Å². The molecule has 1 aliphatic heterocycles. The van der Waals surface area contributed by atoms with E-state index >= 15 is 0 Å². The number of pyridine rings is 1. The Balaban J connectivity index is 1.64. The van der Waals surface area contributed by atoms with Crippen LogP contribution >= 0.6 is 0 Å². The number of aromatic nitrogens is 3. The molecule has 1 amide bonds. The Labute approximate surface area is 134 Å². The van der Waals surface area contributed by atoms with Crippen LogP contribution in [0, 0.1) is 12.7 Å². The maximum absolute atomic E-state index is 13.0. The van der Waals surface area contributed by atoms with Crippen molar-refractivity contribution in [1.82, 2.24) is 20.1 Å². The number of amides is 1. The van der Waals surface area contributed by atoms with Crippen molar-refractivity contribution in [2.75, 3.05) is 18.0 Å². The first kappa shape index (κ1) is 15.5. The average molecular weight is 317 g/mol.